The van der Waals surface area contributed by atoms with Gasteiger partial charge in [0.25, 0.3) is 0 Å². The number of nitrogens with one attached hydrogen (secondary N) is 1. The molecule has 3 aromatic heterocycles. The maximum absolute atomic E-state index is 12.7. The first-order valence-corrected chi connectivity index (χ1v) is 10.7. The van der Waals surface area contributed by atoms with Gasteiger partial charge in [0.15, 0.2) is 10.1 Å². The number of para-hydroxylation sites is 2. The van der Waals surface area contributed by atoms with E-state index in [2.05, 4.69) is 19.9 Å². The number of carbonyl (C=O) groups is 1. The molecule has 1 amide bonds. The third-order valence-electron chi connectivity index (χ3n) is 5.12. The molecule has 0 spiro atoms. The molecule has 1 saturated heterocycles. The SMILES string of the molecule is O=C(/C=C/c1c(Cl)nc2sccn12)N1CCCN(c2nc3ccccc3[nH]2)CC1. The molecule has 0 radical (unpaired) electrons. The first-order valence-electron chi connectivity index (χ1n) is 9.47. The van der Waals surface area contributed by atoms with E-state index in [0.717, 1.165) is 47.1 Å². The van der Waals surface area contributed by atoms with Crippen molar-refractivity contribution in [2.24, 2.45) is 0 Å². The highest BCUT2D eigenvalue weighted by Crippen LogP contribution is 2.23. The second-order valence-corrected chi connectivity index (χ2v) is 8.15. The summed E-state index contributed by atoms with van der Waals surface area (Å²) in [5.74, 6) is 0.847. The number of amides is 1. The second kappa shape index (κ2) is 7.53. The van der Waals surface area contributed by atoms with Crippen molar-refractivity contribution < 1.29 is 4.79 Å². The molecule has 4 heterocycles. The zero-order valence-corrected chi connectivity index (χ0v) is 17.2. The van der Waals surface area contributed by atoms with Gasteiger partial charge in [0.05, 0.1) is 16.7 Å². The fourth-order valence-corrected chi connectivity index (χ4v) is 4.63. The van der Waals surface area contributed by atoms with Crippen molar-refractivity contribution in [3.05, 3.63) is 52.8 Å². The number of fused-ring (bicyclic) bond motifs is 2. The summed E-state index contributed by atoms with van der Waals surface area (Å²) in [6.45, 7) is 2.96. The molecule has 1 aromatic carbocycles. The van der Waals surface area contributed by atoms with Gasteiger partial charge in [-0.15, -0.1) is 11.3 Å². The van der Waals surface area contributed by atoms with E-state index < -0.39 is 0 Å². The molecule has 1 aliphatic heterocycles. The summed E-state index contributed by atoms with van der Waals surface area (Å²) < 4.78 is 1.89. The van der Waals surface area contributed by atoms with Crippen molar-refractivity contribution >= 4 is 56.9 Å². The summed E-state index contributed by atoms with van der Waals surface area (Å²) in [5.41, 5.74) is 2.72. The smallest absolute Gasteiger partial charge is 0.246 e. The highest BCUT2D eigenvalue weighted by molar-refractivity contribution is 7.15. The van der Waals surface area contributed by atoms with Crippen LogP contribution in [0.15, 0.2) is 41.9 Å². The predicted molar refractivity (Wildman–Crippen MR) is 117 cm³/mol. The van der Waals surface area contributed by atoms with Gasteiger partial charge in [-0.2, -0.15) is 0 Å². The summed E-state index contributed by atoms with van der Waals surface area (Å²) in [6.07, 6.45) is 6.13. The van der Waals surface area contributed by atoms with Crippen LogP contribution in [0.4, 0.5) is 5.95 Å². The van der Waals surface area contributed by atoms with Crippen molar-refractivity contribution in [1.82, 2.24) is 24.3 Å². The lowest BCUT2D eigenvalue weighted by Gasteiger charge is -2.20. The number of aromatic nitrogens is 4. The van der Waals surface area contributed by atoms with E-state index in [4.69, 9.17) is 11.6 Å². The maximum Gasteiger partial charge on any atom is 0.246 e. The molecule has 0 atom stereocenters. The summed E-state index contributed by atoms with van der Waals surface area (Å²) in [7, 11) is 0. The van der Waals surface area contributed by atoms with Gasteiger partial charge in [0.1, 0.15) is 0 Å². The number of hydrogen-bond acceptors (Lipinski definition) is 5. The van der Waals surface area contributed by atoms with E-state index in [1.54, 1.807) is 12.2 Å². The minimum atomic E-state index is -0.0160. The Morgan fingerprint density at radius 1 is 1.17 bits per heavy atom. The molecule has 0 bridgehead atoms. The zero-order valence-electron chi connectivity index (χ0n) is 15.6. The lowest BCUT2D eigenvalue weighted by atomic mass is 10.3. The Hall–Kier alpha value is -2.84. The number of halogens is 1. The first-order chi connectivity index (χ1) is 14.2. The Morgan fingerprint density at radius 2 is 2.07 bits per heavy atom. The Morgan fingerprint density at radius 3 is 2.97 bits per heavy atom. The second-order valence-electron chi connectivity index (χ2n) is 6.92. The number of carbonyl (C=O) groups excluding carboxylic acids is 1. The molecule has 1 N–H and O–H groups in total. The number of aromatic amines is 1. The molecule has 0 unspecified atom stereocenters. The average Bonchev–Trinajstić information content (AvgIpc) is 3.36. The molecule has 9 heteroatoms. The van der Waals surface area contributed by atoms with Crippen LogP contribution in [0.5, 0.6) is 0 Å². The van der Waals surface area contributed by atoms with Gasteiger partial charge < -0.3 is 14.8 Å². The number of hydrogen-bond donors (Lipinski definition) is 1. The van der Waals surface area contributed by atoms with E-state index >= 15 is 0 Å². The fraction of sp³-hybridized carbons (Fsp3) is 0.250. The van der Waals surface area contributed by atoms with Crippen LogP contribution in [0.2, 0.25) is 5.15 Å². The number of H-pyrrole nitrogens is 1. The molecule has 0 saturated carbocycles. The highest BCUT2D eigenvalue weighted by Gasteiger charge is 2.20. The third-order valence-corrected chi connectivity index (χ3v) is 6.16. The molecule has 1 aliphatic rings. The number of imidazole rings is 2. The Balaban J connectivity index is 1.28. The molecular weight excluding hydrogens is 408 g/mol. The molecule has 0 aliphatic carbocycles. The van der Waals surface area contributed by atoms with Crippen LogP contribution in [-0.2, 0) is 4.79 Å². The number of rotatable bonds is 3. The molecule has 4 aromatic rings. The van der Waals surface area contributed by atoms with Crippen LogP contribution in [0.1, 0.15) is 12.1 Å². The van der Waals surface area contributed by atoms with Crippen molar-refractivity contribution in [1.29, 1.82) is 0 Å². The van der Waals surface area contributed by atoms with E-state index in [1.165, 1.54) is 11.3 Å². The highest BCUT2D eigenvalue weighted by atomic mass is 35.5. The molecule has 148 valence electrons. The monoisotopic (exact) mass is 426 g/mol. The van der Waals surface area contributed by atoms with Gasteiger partial charge in [-0.05, 0) is 24.6 Å². The number of anilines is 1. The van der Waals surface area contributed by atoms with Crippen LogP contribution in [0, 0.1) is 0 Å². The van der Waals surface area contributed by atoms with Crippen LogP contribution < -0.4 is 4.90 Å². The quantitative estimate of drug-likeness (QED) is 0.507. The third kappa shape index (κ3) is 3.49. The molecule has 7 nitrogen and oxygen atoms in total. The van der Waals surface area contributed by atoms with E-state index in [9.17, 15) is 4.79 Å². The largest absolute Gasteiger partial charge is 0.341 e. The summed E-state index contributed by atoms with van der Waals surface area (Å²) in [4.78, 5) is 30.0. The molecule has 29 heavy (non-hydrogen) atoms. The number of benzene rings is 1. The van der Waals surface area contributed by atoms with Crippen molar-refractivity contribution in [2.75, 3.05) is 31.1 Å². The summed E-state index contributed by atoms with van der Waals surface area (Å²) >= 11 is 7.72. The Labute approximate surface area is 176 Å². The van der Waals surface area contributed by atoms with Crippen LogP contribution in [0.25, 0.3) is 22.1 Å². The van der Waals surface area contributed by atoms with Crippen LogP contribution in [0.3, 0.4) is 0 Å². The van der Waals surface area contributed by atoms with Crippen LogP contribution in [-0.4, -0.2) is 56.3 Å². The predicted octanol–water partition coefficient (Wildman–Crippen LogP) is 3.68. The fourth-order valence-electron chi connectivity index (χ4n) is 3.62. The normalized spacial score (nSPS) is 15.6. The van der Waals surface area contributed by atoms with E-state index in [0.29, 0.717) is 18.2 Å². The zero-order chi connectivity index (χ0) is 19.8. The van der Waals surface area contributed by atoms with E-state index in [-0.39, 0.29) is 5.91 Å². The average molecular weight is 427 g/mol. The van der Waals surface area contributed by atoms with Crippen molar-refractivity contribution in [3.63, 3.8) is 0 Å². The van der Waals surface area contributed by atoms with Gasteiger partial charge in [0, 0.05) is 43.8 Å². The topological polar surface area (TPSA) is 69.5 Å². The maximum atomic E-state index is 12.7. The first kappa shape index (κ1) is 18.2. The van der Waals surface area contributed by atoms with Crippen LogP contribution >= 0.6 is 22.9 Å². The van der Waals surface area contributed by atoms with Crippen molar-refractivity contribution in [2.45, 2.75) is 6.42 Å². The van der Waals surface area contributed by atoms with Gasteiger partial charge in [-0.25, -0.2) is 9.97 Å². The van der Waals surface area contributed by atoms with E-state index in [1.807, 2.05) is 45.1 Å². The molecular formula is C20H19ClN6OS. The van der Waals surface area contributed by atoms with Gasteiger partial charge in [-0.1, -0.05) is 23.7 Å². The molecule has 5 rings (SSSR count). The lowest BCUT2D eigenvalue weighted by molar-refractivity contribution is -0.125. The lowest BCUT2D eigenvalue weighted by Crippen LogP contribution is -2.34. The van der Waals surface area contributed by atoms with Gasteiger partial charge in [-0.3, -0.25) is 9.20 Å². The summed E-state index contributed by atoms with van der Waals surface area (Å²) in [6, 6.07) is 8.00. The summed E-state index contributed by atoms with van der Waals surface area (Å²) in [5, 5.41) is 2.35. The minimum Gasteiger partial charge on any atom is -0.341 e. The Kier molecular flexibility index (Phi) is 4.73. The van der Waals surface area contributed by atoms with Gasteiger partial charge in [0.2, 0.25) is 11.9 Å². The number of nitrogens with zero attached hydrogens (tertiary/aromatic N) is 5. The van der Waals surface area contributed by atoms with Crippen molar-refractivity contribution in [3.8, 4) is 0 Å². The molecule has 1 fully saturated rings. The number of thiazole rings is 1. The Bertz CT molecular complexity index is 1180. The minimum absolute atomic E-state index is 0.0160. The standard InChI is InChI=1S/C20H19ClN6OS/c21-18-16(27-12-13-29-20(27)24-18)6-7-17(28)25-8-3-9-26(11-10-25)19-22-14-4-1-2-5-15(14)23-19/h1-2,4-7,12-13H,3,8-11H2,(H,22,23)/b7-6+. The van der Waals surface area contributed by atoms with Gasteiger partial charge >= 0.3 is 0 Å².